The van der Waals surface area contributed by atoms with E-state index in [0.29, 0.717) is 10.8 Å². The van der Waals surface area contributed by atoms with Crippen molar-refractivity contribution in [1.29, 1.82) is 0 Å². The summed E-state index contributed by atoms with van der Waals surface area (Å²) in [6.07, 6.45) is 10.0. The highest BCUT2D eigenvalue weighted by molar-refractivity contribution is 5.91. The summed E-state index contributed by atoms with van der Waals surface area (Å²) >= 11 is 0. The van der Waals surface area contributed by atoms with Crippen LogP contribution in [0.1, 0.15) is 45.4 Å². The van der Waals surface area contributed by atoms with Crippen LogP contribution in [0.5, 0.6) is 0 Å². The van der Waals surface area contributed by atoms with E-state index in [4.69, 9.17) is 0 Å². The van der Waals surface area contributed by atoms with E-state index in [1.807, 2.05) is 18.2 Å². The number of carbonyl (C=O) groups excluding carboxylic acids is 1. The number of unbranched alkanes of at least 4 members (excludes halogenated alkanes) is 4. The molecule has 0 aromatic heterocycles. The van der Waals surface area contributed by atoms with E-state index in [-0.39, 0.29) is 12.3 Å². The average molecular weight is 261 g/mol. The van der Waals surface area contributed by atoms with Crippen molar-refractivity contribution in [2.45, 2.75) is 45.4 Å². The van der Waals surface area contributed by atoms with E-state index in [1.54, 1.807) is 24.3 Å². The van der Waals surface area contributed by atoms with Crippen molar-refractivity contribution in [2.75, 3.05) is 5.06 Å². The molecule has 1 amide bonds. The van der Waals surface area contributed by atoms with Gasteiger partial charge in [0, 0.05) is 6.42 Å². The van der Waals surface area contributed by atoms with Crippen LogP contribution in [0.4, 0.5) is 5.69 Å². The van der Waals surface area contributed by atoms with Crippen molar-refractivity contribution in [3.63, 3.8) is 0 Å². The van der Waals surface area contributed by atoms with Gasteiger partial charge in [0.05, 0.1) is 5.69 Å². The molecule has 0 spiro atoms. The lowest BCUT2D eigenvalue weighted by Gasteiger charge is -2.13. The fraction of sp³-hybridized carbons (Fsp3) is 0.438. The van der Waals surface area contributed by atoms with Crippen LogP contribution >= 0.6 is 0 Å². The van der Waals surface area contributed by atoms with E-state index in [1.165, 1.54) is 25.7 Å². The van der Waals surface area contributed by atoms with E-state index in [9.17, 15) is 10.0 Å². The molecule has 3 heteroatoms. The average Bonchev–Trinajstić information content (AvgIpc) is 2.46. The van der Waals surface area contributed by atoms with Crippen molar-refractivity contribution in [3.8, 4) is 0 Å². The summed E-state index contributed by atoms with van der Waals surface area (Å²) in [5, 5.41) is 10.4. The number of amides is 1. The van der Waals surface area contributed by atoms with Crippen LogP contribution in [0.2, 0.25) is 0 Å². The fourth-order valence-corrected chi connectivity index (χ4v) is 1.79. The molecule has 1 N–H and O–H groups in total. The predicted octanol–water partition coefficient (Wildman–Crippen LogP) is 4.33. The standard InChI is InChI=1S/C16H23NO2/c1-2-3-4-5-6-7-11-14-16(18)17(19)15-12-9-8-10-13-15/h7-13,19H,2-6,14H2,1H3/b11-7+. The Morgan fingerprint density at radius 3 is 2.58 bits per heavy atom. The number of allylic oxidation sites excluding steroid dienone is 1. The lowest BCUT2D eigenvalue weighted by Crippen LogP contribution is -2.25. The summed E-state index contributed by atoms with van der Waals surface area (Å²) in [5.41, 5.74) is 0.504. The number of benzene rings is 1. The smallest absolute Gasteiger partial charge is 0.254 e. The van der Waals surface area contributed by atoms with Crippen molar-refractivity contribution in [3.05, 3.63) is 42.5 Å². The predicted molar refractivity (Wildman–Crippen MR) is 78.2 cm³/mol. The van der Waals surface area contributed by atoms with Crippen LogP contribution in [0, 0.1) is 0 Å². The Bertz CT molecular complexity index is 387. The minimum absolute atomic E-state index is 0.235. The first kappa shape index (κ1) is 15.4. The van der Waals surface area contributed by atoms with Crippen molar-refractivity contribution < 1.29 is 10.0 Å². The van der Waals surface area contributed by atoms with Gasteiger partial charge in [0.15, 0.2) is 0 Å². The largest absolute Gasteiger partial charge is 0.281 e. The molecule has 1 aromatic rings. The SMILES string of the molecule is CCCCCC/C=C/CC(=O)N(O)c1ccccc1. The van der Waals surface area contributed by atoms with Crippen LogP contribution in [0.3, 0.4) is 0 Å². The number of para-hydroxylation sites is 1. The Labute approximate surface area is 115 Å². The highest BCUT2D eigenvalue weighted by Crippen LogP contribution is 2.12. The van der Waals surface area contributed by atoms with Gasteiger partial charge >= 0.3 is 0 Å². The third-order valence-electron chi connectivity index (χ3n) is 2.92. The van der Waals surface area contributed by atoms with Gasteiger partial charge in [0.2, 0.25) is 0 Å². The molecule has 19 heavy (non-hydrogen) atoms. The second-order valence-electron chi connectivity index (χ2n) is 4.57. The number of hydrogen-bond acceptors (Lipinski definition) is 2. The van der Waals surface area contributed by atoms with Crippen LogP contribution in [-0.2, 0) is 4.79 Å². The molecule has 3 nitrogen and oxygen atoms in total. The number of anilines is 1. The minimum Gasteiger partial charge on any atom is -0.281 e. The summed E-state index contributed by atoms with van der Waals surface area (Å²) in [7, 11) is 0. The molecule has 0 radical (unpaired) electrons. The molecule has 0 aliphatic carbocycles. The summed E-state index contributed by atoms with van der Waals surface area (Å²) in [6, 6.07) is 8.82. The molecule has 1 aromatic carbocycles. The van der Waals surface area contributed by atoms with Gasteiger partial charge in [0.1, 0.15) is 0 Å². The summed E-state index contributed by atoms with van der Waals surface area (Å²) in [4.78, 5) is 11.7. The molecule has 0 aliphatic heterocycles. The second-order valence-corrected chi connectivity index (χ2v) is 4.57. The molecule has 0 unspecified atom stereocenters. The first-order valence-corrected chi connectivity index (χ1v) is 6.97. The minimum atomic E-state index is -0.309. The maximum absolute atomic E-state index is 11.7. The van der Waals surface area contributed by atoms with Gasteiger partial charge in [-0.15, -0.1) is 0 Å². The summed E-state index contributed by atoms with van der Waals surface area (Å²) < 4.78 is 0. The number of carbonyl (C=O) groups is 1. The maximum Gasteiger partial charge on any atom is 0.254 e. The Morgan fingerprint density at radius 1 is 1.16 bits per heavy atom. The van der Waals surface area contributed by atoms with Crippen molar-refractivity contribution in [1.82, 2.24) is 0 Å². The van der Waals surface area contributed by atoms with Gasteiger partial charge in [-0.3, -0.25) is 10.0 Å². The number of hydrogen-bond donors (Lipinski definition) is 1. The Kier molecular flexibility index (Phi) is 7.59. The molecule has 0 fully saturated rings. The summed E-state index contributed by atoms with van der Waals surface area (Å²) in [6.45, 7) is 2.19. The quantitative estimate of drug-likeness (QED) is 0.327. The van der Waals surface area contributed by atoms with Crippen LogP contribution in [0.25, 0.3) is 0 Å². The van der Waals surface area contributed by atoms with E-state index in [0.717, 1.165) is 6.42 Å². The third kappa shape index (κ3) is 6.20. The zero-order chi connectivity index (χ0) is 13.9. The highest BCUT2D eigenvalue weighted by atomic mass is 16.5. The number of rotatable bonds is 8. The van der Waals surface area contributed by atoms with E-state index < -0.39 is 0 Å². The molecule has 0 heterocycles. The lowest BCUT2D eigenvalue weighted by molar-refractivity contribution is -0.122. The Morgan fingerprint density at radius 2 is 1.89 bits per heavy atom. The lowest BCUT2D eigenvalue weighted by atomic mass is 10.1. The Hall–Kier alpha value is -1.61. The zero-order valence-corrected chi connectivity index (χ0v) is 11.6. The molecule has 0 saturated heterocycles. The van der Waals surface area contributed by atoms with Gasteiger partial charge < -0.3 is 0 Å². The molecule has 0 saturated carbocycles. The first-order chi connectivity index (χ1) is 9.25. The van der Waals surface area contributed by atoms with Crippen LogP contribution in [0.15, 0.2) is 42.5 Å². The van der Waals surface area contributed by atoms with E-state index >= 15 is 0 Å². The number of nitrogens with zero attached hydrogens (tertiary/aromatic N) is 1. The van der Waals surface area contributed by atoms with Crippen LogP contribution in [-0.4, -0.2) is 11.1 Å². The van der Waals surface area contributed by atoms with Crippen LogP contribution < -0.4 is 5.06 Å². The van der Waals surface area contributed by atoms with Gasteiger partial charge in [0.25, 0.3) is 5.91 Å². The van der Waals surface area contributed by atoms with Crippen molar-refractivity contribution in [2.24, 2.45) is 0 Å². The molecule has 0 atom stereocenters. The van der Waals surface area contributed by atoms with Gasteiger partial charge in [-0.25, -0.2) is 0 Å². The molecule has 0 aliphatic rings. The Balaban J connectivity index is 2.25. The zero-order valence-electron chi connectivity index (χ0n) is 11.6. The maximum atomic E-state index is 11.7. The summed E-state index contributed by atoms with van der Waals surface area (Å²) in [5.74, 6) is -0.309. The topological polar surface area (TPSA) is 40.5 Å². The van der Waals surface area contributed by atoms with Crippen molar-refractivity contribution >= 4 is 11.6 Å². The number of hydroxylamine groups is 1. The first-order valence-electron chi connectivity index (χ1n) is 6.97. The van der Waals surface area contributed by atoms with E-state index in [2.05, 4.69) is 6.92 Å². The monoisotopic (exact) mass is 261 g/mol. The molecule has 104 valence electrons. The molecule has 0 bridgehead atoms. The van der Waals surface area contributed by atoms with Gasteiger partial charge in [-0.05, 0) is 25.0 Å². The fourth-order valence-electron chi connectivity index (χ4n) is 1.79. The second kappa shape index (κ2) is 9.34. The third-order valence-corrected chi connectivity index (χ3v) is 2.92. The molecular weight excluding hydrogens is 238 g/mol. The highest BCUT2D eigenvalue weighted by Gasteiger charge is 2.10. The van der Waals surface area contributed by atoms with Gasteiger partial charge in [-0.1, -0.05) is 56.5 Å². The molecule has 1 rings (SSSR count). The normalized spacial score (nSPS) is 10.8. The van der Waals surface area contributed by atoms with Gasteiger partial charge in [-0.2, -0.15) is 5.06 Å². The molecular formula is C16H23NO2.